The van der Waals surface area contributed by atoms with Crippen molar-refractivity contribution in [3.05, 3.63) is 70.4 Å². The van der Waals surface area contributed by atoms with Gasteiger partial charge >= 0.3 is 0 Å². The lowest BCUT2D eigenvalue weighted by atomic mass is 10.1. The number of para-hydroxylation sites is 2. The first-order valence-corrected chi connectivity index (χ1v) is 11.6. The van der Waals surface area contributed by atoms with Crippen LogP contribution < -0.4 is 10.2 Å². The third kappa shape index (κ3) is 5.02. The van der Waals surface area contributed by atoms with Crippen LogP contribution in [0.25, 0.3) is 11.3 Å². The Morgan fingerprint density at radius 3 is 2.39 bits per heavy atom. The number of rotatable bonds is 5. The molecule has 172 valence electrons. The third-order valence-electron chi connectivity index (χ3n) is 5.63. The molecule has 2 heterocycles. The molecule has 1 saturated heterocycles. The highest BCUT2D eigenvalue weighted by Gasteiger charge is 2.24. The molecule has 1 N–H and O–H groups in total. The Labute approximate surface area is 203 Å². The molecule has 0 atom stereocenters. The summed E-state index contributed by atoms with van der Waals surface area (Å²) in [6, 6.07) is 16.2. The monoisotopic (exact) mass is 485 g/mol. The lowest BCUT2D eigenvalue weighted by Gasteiger charge is -2.37. The predicted octanol–water partition coefficient (Wildman–Crippen LogP) is 5.81. The zero-order valence-electron chi connectivity index (χ0n) is 18.5. The summed E-state index contributed by atoms with van der Waals surface area (Å²) in [7, 11) is 0. The summed E-state index contributed by atoms with van der Waals surface area (Å²) in [6.45, 7) is 6.54. The Hall–Kier alpha value is -2.96. The van der Waals surface area contributed by atoms with Gasteiger partial charge in [0.2, 0.25) is 5.91 Å². The molecule has 4 rings (SSSR count). The van der Waals surface area contributed by atoms with Gasteiger partial charge in [-0.2, -0.15) is 0 Å². The van der Waals surface area contributed by atoms with Crippen molar-refractivity contribution in [3.63, 3.8) is 0 Å². The summed E-state index contributed by atoms with van der Waals surface area (Å²) >= 11 is 12.4. The van der Waals surface area contributed by atoms with Crippen molar-refractivity contribution >= 4 is 46.4 Å². The first kappa shape index (κ1) is 23.2. The zero-order valence-corrected chi connectivity index (χ0v) is 20.0. The van der Waals surface area contributed by atoms with Gasteiger partial charge in [0, 0.05) is 37.7 Å². The summed E-state index contributed by atoms with van der Waals surface area (Å²) in [5, 5.41) is 3.75. The third-order valence-corrected chi connectivity index (χ3v) is 6.44. The zero-order chi connectivity index (χ0) is 23.5. The molecule has 0 unspecified atom stereocenters. The van der Waals surface area contributed by atoms with E-state index in [4.69, 9.17) is 27.6 Å². The van der Waals surface area contributed by atoms with Crippen molar-refractivity contribution in [2.24, 2.45) is 5.92 Å². The largest absolute Gasteiger partial charge is 0.451 e. The minimum absolute atomic E-state index is 0.0110. The van der Waals surface area contributed by atoms with Crippen LogP contribution in [0.2, 0.25) is 10.0 Å². The molecule has 33 heavy (non-hydrogen) atoms. The average Bonchev–Trinajstić information content (AvgIpc) is 3.31. The Morgan fingerprint density at radius 1 is 0.939 bits per heavy atom. The molecule has 0 radical (unpaired) electrons. The van der Waals surface area contributed by atoms with E-state index in [1.54, 1.807) is 30.3 Å². The van der Waals surface area contributed by atoms with Gasteiger partial charge in [0.05, 0.1) is 21.4 Å². The maximum atomic E-state index is 12.9. The molecule has 1 fully saturated rings. The molecule has 2 amide bonds. The number of amides is 2. The van der Waals surface area contributed by atoms with Gasteiger partial charge in [-0.15, -0.1) is 0 Å². The number of halogens is 2. The minimum Gasteiger partial charge on any atom is -0.451 e. The molecular formula is C25H25Cl2N3O3. The second-order valence-corrected chi connectivity index (χ2v) is 8.99. The van der Waals surface area contributed by atoms with Gasteiger partial charge in [-0.05, 0) is 36.4 Å². The number of hydrogen-bond acceptors (Lipinski definition) is 4. The maximum Gasteiger partial charge on any atom is 0.291 e. The predicted molar refractivity (Wildman–Crippen MR) is 132 cm³/mol. The van der Waals surface area contributed by atoms with Crippen molar-refractivity contribution in [2.75, 3.05) is 36.4 Å². The van der Waals surface area contributed by atoms with E-state index in [-0.39, 0.29) is 23.5 Å². The van der Waals surface area contributed by atoms with Gasteiger partial charge in [0.25, 0.3) is 5.91 Å². The number of hydrogen-bond donors (Lipinski definition) is 1. The van der Waals surface area contributed by atoms with E-state index in [1.807, 2.05) is 43.0 Å². The van der Waals surface area contributed by atoms with Crippen LogP contribution >= 0.6 is 23.2 Å². The SMILES string of the molecule is CC(C)C(=O)N1CCN(c2ccccc2NC(=O)c2ccc(-c3cccc(Cl)c3Cl)o2)CC1. The summed E-state index contributed by atoms with van der Waals surface area (Å²) in [4.78, 5) is 29.3. The molecule has 8 heteroatoms. The number of nitrogens with zero attached hydrogens (tertiary/aromatic N) is 2. The molecule has 2 aromatic carbocycles. The van der Waals surface area contributed by atoms with E-state index in [0.29, 0.717) is 53.2 Å². The quantitative estimate of drug-likeness (QED) is 0.494. The first-order chi connectivity index (χ1) is 15.8. The van der Waals surface area contributed by atoms with Crippen molar-refractivity contribution in [2.45, 2.75) is 13.8 Å². The fraction of sp³-hybridized carbons (Fsp3) is 0.280. The van der Waals surface area contributed by atoms with Gasteiger partial charge in [-0.25, -0.2) is 0 Å². The lowest BCUT2D eigenvalue weighted by molar-refractivity contribution is -0.134. The molecule has 3 aromatic rings. The van der Waals surface area contributed by atoms with E-state index < -0.39 is 0 Å². The number of carbonyl (C=O) groups is 2. The first-order valence-electron chi connectivity index (χ1n) is 10.8. The molecule has 1 aliphatic rings. The lowest BCUT2D eigenvalue weighted by Crippen LogP contribution is -2.50. The minimum atomic E-state index is -0.361. The smallest absolute Gasteiger partial charge is 0.291 e. The van der Waals surface area contributed by atoms with E-state index in [9.17, 15) is 9.59 Å². The standard InChI is InChI=1S/C25H25Cl2N3O3/c1-16(2)25(32)30-14-12-29(13-15-30)20-9-4-3-8-19(20)28-24(31)22-11-10-21(33-22)17-6-5-7-18(26)23(17)27/h3-11,16H,12-15H2,1-2H3,(H,28,31). The molecule has 0 saturated carbocycles. The molecule has 0 bridgehead atoms. The number of piperazine rings is 1. The number of carbonyl (C=O) groups excluding carboxylic acids is 2. The highest BCUT2D eigenvalue weighted by Crippen LogP contribution is 2.34. The normalized spacial score (nSPS) is 14.0. The Bertz CT molecular complexity index is 1170. The Balaban J connectivity index is 1.48. The van der Waals surface area contributed by atoms with Crippen molar-refractivity contribution in [1.82, 2.24) is 4.90 Å². The summed E-state index contributed by atoms with van der Waals surface area (Å²) in [5.74, 6) is 0.434. The molecule has 1 aromatic heterocycles. The van der Waals surface area contributed by atoms with Crippen LogP contribution in [0.5, 0.6) is 0 Å². The van der Waals surface area contributed by atoms with Crippen molar-refractivity contribution < 1.29 is 14.0 Å². The Kier molecular flexibility index (Phi) is 6.96. The van der Waals surface area contributed by atoms with Crippen molar-refractivity contribution in [1.29, 1.82) is 0 Å². The van der Waals surface area contributed by atoms with Crippen LogP contribution in [-0.4, -0.2) is 42.9 Å². The van der Waals surface area contributed by atoms with Crippen LogP contribution in [0.4, 0.5) is 11.4 Å². The summed E-state index contributed by atoms with van der Waals surface area (Å²) < 4.78 is 5.77. The summed E-state index contributed by atoms with van der Waals surface area (Å²) in [6.07, 6.45) is 0. The highest BCUT2D eigenvalue weighted by atomic mass is 35.5. The fourth-order valence-electron chi connectivity index (χ4n) is 3.87. The molecule has 0 spiro atoms. The molecular weight excluding hydrogens is 461 g/mol. The molecule has 0 aliphatic carbocycles. The van der Waals surface area contributed by atoms with E-state index in [1.165, 1.54) is 0 Å². The number of furan rings is 1. The van der Waals surface area contributed by atoms with Gasteiger partial charge in [-0.1, -0.05) is 55.2 Å². The fourth-order valence-corrected chi connectivity index (χ4v) is 4.26. The van der Waals surface area contributed by atoms with Crippen LogP contribution in [-0.2, 0) is 4.79 Å². The van der Waals surface area contributed by atoms with Crippen LogP contribution in [0, 0.1) is 5.92 Å². The topological polar surface area (TPSA) is 65.8 Å². The molecule has 1 aliphatic heterocycles. The van der Waals surface area contributed by atoms with Crippen molar-refractivity contribution in [3.8, 4) is 11.3 Å². The number of benzene rings is 2. The Morgan fingerprint density at radius 2 is 1.67 bits per heavy atom. The average molecular weight is 486 g/mol. The second-order valence-electron chi connectivity index (χ2n) is 8.20. The maximum absolute atomic E-state index is 12.9. The van der Waals surface area contributed by atoms with Gasteiger partial charge in [-0.3, -0.25) is 9.59 Å². The van der Waals surface area contributed by atoms with Gasteiger partial charge < -0.3 is 19.5 Å². The van der Waals surface area contributed by atoms with Crippen LogP contribution in [0.15, 0.2) is 59.0 Å². The second kappa shape index (κ2) is 9.89. The van der Waals surface area contributed by atoms with Crippen LogP contribution in [0.3, 0.4) is 0 Å². The van der Waals surface area contributed by atoms with E-state index >= 15 is 0 Å². The van der Waals surface area contributed by atoms with Gasteiger partial charge in [0.15, 0.2) is 5.76 Å². The summed E-state index contributed by atoms with van der Waals surface area (Å²) in [5.41, 5.74) is 2.22. The molecule has 6 nitrogen and oxygen atoms in total. The number of nitrogens with one attached hydrogen (secondary N) is 1. The van der Waals surface area contributed by atoms with Crippen LogP contribution in [0.1, 0.15) is 24.4 Å². The highest BCUT2D eigenvalue weighted by molar-refractivity contribution is 6.43. The number of anilines is 2. The van der Waals surface area contributed by atoms with E-state index in [0.717, 1.165) is 5.69 Å². The van der Waals surface area contributed by atoms with E-state index in [2.05, 4.69) is 10.2 Å². The van der Waals surface area contributed by atoms with Gasteiger partial charge in [0.1, 0.15) is 5.76 Å².